The number of carbonyl (C=O) groups excluding carboxylic acids is 1. The molecule has 0 fully saturated rings. The molecule has 3 heterocycles. The topological polar surface area (TPSA) is 52.8 Å². The molecule has 0 N–H and O–H groups in total. The second-order valence-electron chi connectivity index (χ2n) is 5.88. The molecule has 0 aliphatic carbocycles. The zero-order valence-electron chi connectivity index (χ0n) is 14.6. The van der Waals surface area contributed by atoms with E-state index in [1.54, 1.807) is 11.3 Å². The van der Waals surface area contributed by atoms with Gasteiger partial charge in [0.15, 0.2) is 0 Å². The SMILES string of the molecule is CCOC(=O)c1c2ccccc2n2cc(OCc3csc(C)n3)ccc12. The molecule has 4 aromatic rings. The van der Waals surface area contributed by atoms with Gasteiger partial charge in [0.05, 0.1) is 40.1 Å². The van der Waals surface area contributed by atoms with Crippen LogP contribution in [0.3, 0.4) is 0 Å². The number of esters is 1. The summed E-state index contributed by atoms with van der Waals surface area (Å²) in [5.74, 6) is 0.414. The van der Waals surface area contributed by atoms with Crippen molar-refractivity contribution in [3.8, 4) is 5.75 Å². The van der Waals surface area contributed by atoms with Gasteiger partial charge in [-0.2, -0.15) is 0 Å². The minimum atomic E-state index is -0.308. The van der Waals surface area contributed by atoms with Crippen LogP contribution in [-0.4, -0.2) is 22.0 Å². The van der Waals surface area contributed by atoms with Gasteiger partial charge in [-0.05, 0) is 32.0 Å². The first kappa shape index (κ1) is 16.6. The van der Waals surface area contributed by atoms with Crippen LogP contribution < -0.4 is 4.74 Å². The maximum Gasteiger partial charge on any atom is 0.340 e. The van der Waals surface area contributed by atoms with Crippen molar-refractivity contribution in [2.45, 2.75) is 20.5 Å². The number of nitrogens with zero attached hydrogens (tertiary/aromatic N) is 2. The van der Waals surface area contributed by atoms with Gasteiger partial charge >= 0.3 is 5.97 Å². The summed E-state index contributed by atoms with van der Waals surface area (Å²) in [5.41, 5.74) is 3.25. The van der Waals surface area contributed by atoms with E-state index in [0.29, 0.717) is 18.8 Å². The van der Waals surface area contributed by atoms with Crippen molar-refractivity contribution in [2.75, 3.05) is 6.61 Å². The van der Waals surface area contributed by atoms with E-state index in [4.69, 9.17) is 9.47 Å². The van der Waals surface area contributed by atoms with Gasteiger partial charge in [0, 0.05) is 10.8 Å². The fourth-order valence-electron chi connectivity index (χ4n) is 3.05. The van der Waals surface area contributed by atoms with Crippen molar-refractivity contribution in [3.05, 3.63) is 64.2 Å². The molecule has 0 unspecified atom stereocenters. The van der Waals surface area contributed by atoms with Gasteiger partial charge in [-0.25, -0.2) is 9.78 Å². The largest absolute Gasteiger partial charge is 0.486 e. The highest BCUT2D eigenvalue weighted by molar-refractivity contribution is 7.09. The van der Waals surface area contributed by atoms with Crippen molar-refractivity contribution < 1.29 is 14.3 Å². The molecule has 0 radical (unpaired) electrons. The predicted octanol–water partition coefficient (Wildman–Crippen LogP) is 4.61. The third-order valence-electron chi connectivity index (χ3n) is 4.14. The first-order valence-electron chi connectivity index (χ1n) is 8.41. The van der Waals surface area contributed by atoms with E-state index in [9.17, 15) is 4.79 Å². The summed E-state index contributed by atoms with van der Waals surface area (Å²) in [5, 5.41) is 3.89. The number of fused-ring (bicyclic) bond motifs is 3. The number of benzene rings is 1. The Hall–Kier alpha value is -2.86. The number of aryl methyl sites for hydroxylation is 1. The molecule has 0 atom stereocenters. The molecule has 0 saturated heterocycles. The number of para-hydroxylation sites is 1. The number of hydrogen-bond acceptors (Lipinski definition) is 5. The Morgan fingerprint density at radius 1 is 1.19 bits per heavy atom. The van der Waals surface area contributed by atoms with Crippen molar-refractivity contribution in [1.29, 1.82) is 0 Å². The van der Waals surface area contributed by atoms with Crippen molar-refractivity contribution in [3.63, 3.8) is 0 Å². The summed E-state index contributed by atoms with van der Waals surface area (Å²) in [6, 6.07) is 11.6. The summed E-state index contributed by atoms with van der Waals surface area (Å²) in [6.45, 7) is 4.55. The molecule has 4 rings (SSSR count). The Bertz CT molecular complexity index is 1100. The molecule has 1 aromatic carbocycles. The van der Waals surface area contributed by atoms with Crippen LogP contribution in [0.15, 0.2) is 48.0 Å². The van der Waals surface area contributed by atoms with Crippen molar-refractivity contribution in [1.82, 2.24) is 9.38 Å². The van der Waals surface area contributed by atoms with E-state index in [0.717, 1.165) is 32.9 Å². The van der Waals surface area contributed by atoms with Gasteiger partial charge in [0.25, 0.3) is 0 Å². The van der Waals surface area contributed by atoms with Crippen LogP contribution in [-0.2, 0) is 11.3 Å². The number of ether oxygens (including phenoxy) is 2. The number of pyridine rings is 1. The Kier molecular flexibility index (Phi) is 4.34. The second kappa shape index (κ2) is 6.80. The average molecular weight is 366 g/mol. The third kappa shape index (κ3) is 2.93. The average Bonchev–Trinajstić information content (AvgIpc) is 3.21. The zero-order chi connectivity index (χ0) is 18.1. The molecular weight excluding hydrogens is 348 g/mol. The Labute approximate surface area is 154 Å². The lowest BCUT2D eigenvalue weighted by atomic mass is 10.1. The highest BCUT2D eigenvalue weighted by Gasteiger charge is 2.19. The monoisotopic (exact) mass is 366 g/mol. The molecule has 3 aromatic heterocycles. The molecule has 5 nitrogen and oxygen atoms in total. The molecule has 0 bridgehead atoms. The summed E-state index contributed by atoms with van der Waals surface area (Å²) < 4.78 is 13.1. The number of thiazole rings is 1. The normalized spacial score (nSPS) is 11.2. The second-order valence-corrected chi connectivity index (χ2v) is 6.94. The highest BCUT2D eigenvalue weighted by Crippen LogP contribution is 2.29. The molecule has 132 valence electrons. The number of aromatic nitrogens is 2. The Balaban J connectivity index is 1.75. The Morgan fingerprint density at radius 3 is 2.81 bits per heavy atom. The van der Waals surface area contributed by atoms with Gasteiger partial charge in [-0.3, -0.25) is 0 Å². The first-order chi connectivity index (χ1) is 12.7. The predicted molar refractivity (Wildman–Crippen MR) is 102 cm³/mol. The van der Waals surface area contributed by atoms with E-state index in [1.807, 2.05) is 66.2 Å². The van der Waals surface area contributed by atoms with Crippen LogP contribution in [0.2, 0.25) is 0 Å². The first-order valence-corrected chi connectivity index (χ1v) is 9.29. The summed E-state index contributed by atoms with van der Waals surface area (Å²) in [4.78, 5) is 16.9. The van der Waals surface area contributed by atoms with Crippen molar-refractivity contribution in [2.24, 2.45) is 0 Å². The zero-order valence-corrected chi connectivity index (χ0v) is 15.4. The summed E-state index contributed by atoms with van der Waals surface area (Å²) in [7, 11) is 0. The highest BCUT2D eigenvalue weighted by atomic mass is 32.1. The molecule has 0 spiro atoms. The van der Waals surface area contributed by atoms with Crippen LogP contribution in [0.4, 0.5) is 0 Å². The molecule has 0 saturated carbocycles. The maximum atomic E-state index is 12.5. The quantitative estimate of drug-likeness (QED) is 0.484. The van der Waals surface area contributed by atoms with E-state index < -0.39 is 0 Å². The van der Waals surface area contributed by atoms with Crippen LogP contribution in [0.25, 0.3) is 16.4 Å². The number of hydrogen-bond donors (Lipinski definition) is 0. The van der Waals surface area contributed by atoms with E-state index >= 15 is 0 Å². The lowest BCUT2D eigenvalue weighted by molar-refractivity contribution is 0.0531. The summed E-state index contributed by atoms with van der Waals surface area (Å²) >= 11 is 1.61. The van der Waals surface area contributed by atoms with Gasteiger partial charge < -0.3 is 13.9 Å². The third-order valence-corrected chi connectivity index (χ3v) is 4.97. The molecule has 6 heteroatoms. The van der Waals surface area contributed by atoms with Crippen LogP contribution in [0, 0.1) is 6.92 Å². The minimum absolute atomic E-state index is 0.308. The lowest BCUT2D eigenvalue weighted by Crippen LogP contribution is -2.04. The lowest BCUT2D eigenvalue weighted by Gasteiger charge is -2.06. The molecule has 0 amide bonds. The van der Waals surface area contributed by atoms with Gasteiger partial charge in [0.1, 0.15) is 12.4 Å². The van der Waals surface area contributed by atoms with Crippen LogP contribution in [0.1, 0.15) is 28.0 Å². The van der Waals surface area contributed by atoms with Gasteiger partial charge in [-0.15, -0.1) is 11.3 Å². The smallest absolute Gasteiger partial charge is 0.340 e. The molecule has 0 aliphatic heterocycles. The minimum Gasteiger partial charge on any atom is -0.486 e. The fourth-order valence-corrected chi connectivity index (χ4v) is 3.65. The van der Waals surface area contributed by atoms with Crippen LogP contribution >= 0.6 is 11.3 Å². The number of carbonyl (C=O) groups is 1. The van der Waals surface area contributed by atoms with E-state index in [2.05, 4.69) is 4.98 Å². The van der Waals surface area contributed by atoms with E-state index in [-0.39, 0.29) is 5.97 Å². The molecule has 0 aliphatic rings. The standard InChI is InChI=1S/C20H18N2O3S/c1-3-24-20(23)19-16-6-4-5-7-17(16)22-10-15(8-9-18(19)22)25-11-14-12-26-13(2)21-14/h4-10,12H,3,11H2,1-2H3. The van der Waals surface area contributed by atoms with Crippen LogP contribution in [0.5, 0.6) is 5.75 Å². The fraction of sp³-hybridized carbons (Fsp3) is 0.200. The Morgan fingerprint density at radius 2 is 2.04 bits per heavy atom. The molecular formula is C20H18N2O3S. The van der Waals surface area contributed by atoms with Gasteiger partial charge in [0.2, 0.25) is 0 Å². The van der Waals surface area contributed by atoms with Crippen molar-refractivity contribution >= 4 is 33.7 Å². The number of rotatable bonds is 5. The summed E-state index contributed by atoms with van der Waals surface area (Å²) in [6.07, 6.45) is 1.90. The molecule has 26 heavy (non-hydrogen) atoms. The van der Waals surface area contributed by atoms with Gasteiger partial charge in [-0.1, -0.05) is 18.2 Å². The maximum absolute atomic E-state index is 12.5. The van der Waals surface area contributed by atoms with E-state index in [1.165, 1.54) is 0 Å².